The van der Waals surface area contributed by atoms with Crippen molar-refractivity contribution in [2.45, 2.75) is 20.8 Å². The Labute approximate surface area is 215 Å². The zero-order valence-electron chi connectivity index (χ0n) is 20.2. The van der Waals surface area contributed by atoms with Crippen LogP contribution in [0, 0.1) is 6.92 Å². The summed E-state index contributed by atoms with van der Waals surface area (Å²) in [5.74, 6) is -0.251. The molecular weight excluding hydrogens is 500 g/mol. The molecule has 3 aromatic carbocycles. The maximum atomic E-state index is 12.6. The molecule has 35 heavy (non-hydrogen) atoms. The van der Waals surface area contributed by atoms with Crippen LogP contribution in [0.2, 0.25) is 0 Å². The third-order valence-electron chi connectivity index (χ3n) is 5.99. The fraction of sp³-hybridized carbons (Fsp3) is 0.172. The molecule has 5 nitrogen and oxygen atoms in total. The second kappa shape index (κ2) is 11.2. The predicted octanol–water partition coefficient (Wildman–Crippen LogP) is 6.83. The number of nitrogens with zero attached hydrogens (tertiary/aromatic N) is 3. The van der Waals surface area contributed by atoms with Crippen molar-refractivity contribution in [3.05, 3.63) is 106 Å². The molecule has 0 unspecified atom stereocenters. The highest BCUT2D eigenvalue weighted by Crippen LogP contribution is 2.27. The summed E-state index contributed by atoms with van der Waals surface area (Å²) in [6.07, 6.45) is 1.65. The van der Waals surface area contributed by atoms with Gasteiger partial charge in [0.25, 0.3) is 5.91 Å². The Morgan fingerprint density at radius 2 is 1.69 bits per heavy atom. The largest absolute Gasteiger partial charge is 0.371 e. The third kappa shape index (κ3) is 5.54. The van der Waals surface area contributed by atoms with Gasteiger partial charge in [-0.1, -0.05) is 36.4 Å². The van der Waals surface area contributed by atoms with Crippen molar-refractivity contribution in [3.8, 4) is 16.9 Å². The number of benzene rings is 3. The summed E-state index contributed by atoms with van der Waals surface area (Å²) in [6, 6.07) is 28.1. The van der Waals surface area contributed by atoms with Crippen LogP contribution in [0.3, 0.4) is 0 Å². The highest BCUT2D eigenvalue weighted by molar-refractivity contribution is 9.10. The molecule has 0 spiro atoms. The smallest absolute Gasteiger partial charge is 0.271 e. The van der Waals surface area contributed by atoms with E-state index in [1.165, 1.54) is 0 Å². The van der Waals surface area contributed by atoms with Gasteiger partial charge in [0.05, 0.1) is 17.6 Å². The van der Waals surface area contributed by atoms with Crippen LogP contribution in [0.5, 0.6) is 0 Å². The van der Waals surface area contributed by atoms with Crippen LogP contribution in [0.4, 0.5) is 5.69 Å². The van der Waals surface area contributed by atoms with Crippen molar-refractivity contribution < 1.29 is 4.79 Å². The molecule has 0 fully saturated rings. The van der Waals surface area contributed by atoms with Crippen LogP contribution in [0.1, 0.15) is 35.5 Å². The van der Waals surface area contributed by atoms with E-state index >= 15 is 0 Å². The first-order valence-corrected chi connectivity index (χ1v) is 12.5. The number of rotatable bonds is 8. The van der Waals surface area contributed by atoms with Gasteiger partial charge in [0.2, 0.25) is 0 Å². The Bertz CT molecular complexity index is 1320. The fourth-order valence-corrected chi connectivity index (χ4v) is 4.78. The van der Waals surface area contributed by atoms with Crippen LogP contribution in [0.15, 0.2) is 94.5 Å². The number of hydrazone groups is 1. The minimum Gasteiger partial charge on any atom is -0.371 e. The topological polar surface area (TPSA) is 49.6 Å². The van der Waals surface area contributed by atoms with E-state index in [0.29, 0.717) is 5.56 Å². The van der Waals surface area contributed by atoms with Crippen molar-refractivity contribution in [1.29, 1.82) is 0 Å². The molecule has 4 rings (SSSR count). The lowest BCUT2D eigenvalue weighted by molar-refractivity contribution is 0.0955. The SMILES string of the molecule is CCN(CC)c1ccc(/C=N/NC(=O)c2ccc(-n3c(C)ccc3-c3ccccc3)cc2)cc1Br. The molecule has 0 radical (unpaired) electrons. The molecule has 178 valence electrons. The van der Waals surface area contributed by atoms with Gasteiger partial charge in [-0.3, -0.25) is 4.79 Å². The van der Waals surface area contributed by atoms with Crippen LogP contribution in [0.25, 0.3) is 16.9 Å². The number of carbonyl (C=O) groups is 1. The zero-order chi connectivity index (χ0) is 24.8. The molecule has 0 aliphatic rings. The molecule has 0 saturated heterocycles. The van der Waals surface area contributed by atoms with Crippen molar-refractivity contribution in [1.82, 2.24) is 9.99 Å². The third-order valence-corrected chi connectivity index (χ3v) is 6.62. The summed E-state index contributed by atoms with van der Waals surface area (Å²) >= 11 is 3.64. The Balaban J connectivity index is 1.45. The van der Waals surface area contributed by atoms with Gasteiger partial charge in [-0.15, -0.1) is 0 Å². The molecule has 0 atom stereocenters. The summed E-state index contributed by atoms with van der Waals surface area (Å²) < 4.78 is 3.19. The lowest BCUT2D eigenvalue weighted by Crippen LogP contribution is -2.22. The quantitative estimate of drug-likeness (QED) is 0.201. The minimum absolute atomic E-state index is 0.251. The molecule has 0 bridgehead atoms. The van der Waals surface area contributed by atoms with E-state index in [1.807, 2.05) is 54.6 Å². The number of aromatic nitrogens is 1. The molecule has 1 heterocycles. The van der Waals surface area contributed by atoms with Crippen LogP contribution >= 0.6 is 15.9 Å². The van der Waals surface area contributed by atoms with Gasteiger partial charge < -0.3 is 9.47 Å². The zero-order valence-corrected chi connectivity index (χ0v) is 21.8. The minimum atomic E-state index is -0.251. The molecular formula is C29H29BrN4O. The monoisotopic (exact) mass is 528 g/mol. The highest BCUT2D eigenvalue weighted by Gasteiger charge is 2.11. The summed E-state index contributed by atoms with van der Waals surface area (Å²) in [5, 5.41) is 4.15. The first-order chi connectivity index (χ1) is 17.0. The van der Waals surface area contributed by atoms with E-state index in [0.717, 1.165) is 51.5 Å². The molecule has 0 saturated carbocycles. The Morgan fingerprint density at radius 3 is 2.34 bits per heavy atom. The average Bonchev–Trinajstić information content (AvgIpc) is 3.27. The van der Waals surface area contributed by atoms with Crippen molar-refractivity contribution in [3.63, 3.8) is 0 Å². The maximum Gasteiger partial charge on any atom is 0.271 e. The van der Waals surface area contributed by atoms with Gasteiger partial charge in [0.15, 0.2) is 0 Å². The van der Waals surface area contributed by atoms with Crippen LogP contribution in [-0.2, 0) is 0 Å². The van der Waals surface area contributed by atoms with E-state index in [2.05, 4.69) is 87.0 Å². The highest BCUT2D eigenvalue weighted by atomic mass is 79.9. The van der Waals surface area contributed by atoms with E-state index in [9.17, 15) is 4.79 Å². The van der Waals surface area contributed by atoms with Crippen LogP contribution in [-0.4, -0.2) is 29.8 Å². The number of amides is 1. The van der Waals surface area contributed by atoms with E-state index in [1.54, 1.807) is 6.21 Å². The number of anilines is 1. The van der Waals surface area contributed by atoms with Gasteiger partial charge in [-0.2, -0.15) is 5.10 Å². The summed E-state index contributed by atoms with van der Waals surface area (Å²) in [4.78, 5) is 14.9. The van der Waals surface area contributed by atoms with Gasteiger partial charge in [0, 0.05) is 34.5 Å². The molecule has 1 N–H and O–H groups in total. The number of hydrogen-bond donors (Lipinski definition) is 1. The van der Waals surface area contributed by atoms with Gasteiger partial charge >= 0.3 is 0 Å². The van der Waals surface area contributed by atoms with Gasteiger partial charge in [-0.05, 0) is 96.4 Å². The average molecular weight is 529 g/mol. The Kier molecular flexibility index (Phi) is 7.83. The normalized spacial score (nSPS) is 11.1. The first kappa shape index (κ1) is 24.5. The fourth-order valence-electron chi connectivity index (χ4n) is 4.13. The molecule has 0 aliphatic carbocycles. The second-order valence-corrected chi connectivity index (χ2v) is 9.04. The van der Waals surface area contributed by atoms with Crippen molar-refractivity contribution in [2.75, 3.05) is 18.0 Å². The number of aryl methyl sites for hydroxylation is 1. The molecule has 6 heteroatoms. The molecule has 1 aromatic heterocycles. The number of carbonyl (C=O) groups excluding carboxylic acids is 1. The Hall–Kier alpha value is -3.64. The van der Waals surface area contributed by atoms with Gasteiger partial charge in [-0.25, -0.2) is 5.43 Å². The number of halogens is 1. The lowest BCUT2D eigenvalue weighted by Gasteiger charge is -2.22. The first-order valence-electron chi connectivity index (χ1n) is 11.7. The van der Waals surface area contributed by atoms with E-state index < -0.39 is 0 Å². The lowest BCUT2D eigenvalue weighted by atomic mass is 10.1. The summed E-state index contributed by atoms with van der Waals surface area (Å²) in [6.45, 7) is 8.23. The molecule has 4 aromatic rings. The molecule has 1 amide bonds. The summed E-state index contributed by atoms with van der Waals surface area (Å²) in [7, 11) is 0. The van der Waals surface area contributed by atoms with E-state index in [4.69, 9.17) is 0 Å². The Morgan fingerprint density at radius 1 is 0.971 bits per heavy atom. The number of hydrogen-bond acceptors (Lipinski definition) is 3. The van der Waals surface area contributed by atoms with Crippen molar-refractivity contribution in [2.24, 2.45) is 5.10 Å². The predicted molar refractivity (Wildman–Crippen MR) is 149 cm³/mol. The molecule has 0 aliphatic heterocycles. The van der Waals surface area contributed by atoms with Gasteiger partial charge in [0.1, 0.15) is 0 Å². The maximum absolute atomic E-state index is 12.6. The van der Waals surface area contributed by atoms with Crippen molar-refractivity contribution >= 4 is 33.7 Å². The standard InChI is InChI=1S/C29H29BrN4O/c1-4-33(5-2)28-18-12-22(19-26(28)30)20-31-32-29(35)24-13-15-25(16-14-24)34-21(3)11-17-27(34)23-9-7-6-8-10-23/h6-20H,4-5H2,1-3H3,(H,32,35)/b31-20+. The summed E-state index contributed by atoms with van der Waals surface area (Å²) in [5.41, 5.74) is 9.62. The number of nitrogens with one attached hydrogen (secondary N) is 1. The van der Waals surface area contributed by atoms with Crippen LogP contribution < -0.4 is 10.3 Å². The van der Waals surface area contributed by atoms with E-state index in [-0.39, 0.29) is 5.91 Å². The second-order valence-electron chi connectivity index (χ2n) is 8.19.